The van der Waals surface area contributed by atoms with Crippen molar-refractivity contribution in [2.45, 2.75) is 84.5 Å². The van der Waals surface area contributed by atoms with Gasteiger partial charge >= 0.3 is 5.97 Å². The fourth-order valence-electron chi connectivity index (χ4n) is 4.04. The molecule has 3 rings (SSSR count). The predicted molar refractivity (Wildman–Crippen MR) is 153 cm³/mol. The van der Waals surface area contributed by atoms with E-state index in [0.717, 1.165) is 40.6 Å². The largest absolute Gasteiger partial charge is 0.492 e. The van der Waals surface area contributed by atoms with Gasteiger partial charge in [0, 0.05) is 18.0 Å². The number of aryl methyl sites for hydroxylation is 1. The highest BCUT2D eigenvalue weighted by Gasteiger charge is 2.12. The molecule has 37 heavy (non-hydrogen) atoms. The zero-order valence-corrected chi connectivity index (χ0v) is 23.8. The molecule has 198 valence electrons. The first-order valence-electron chi connectivity index (χ1n) is 13.7. The van der Waals surface area contributed by atoms with Gasteiger partial charge in [-0.25, -0.2) is 14.8 Å². The number of ether oxygens (including phenoxy) is 2. The minimum atomic E-state index is -0.417. The summed E-state index contributed by atoms with van der Waals surface area (Å²) in [7, 11) is 0. The Kier molecular flexibility index (Phi) is 12.6. The highest BCUT2D eigenvalue weighted by molar-refractivity contribution is 9.10. The molecule has 0 aliphatic rings. The van der Waals surface area contributed by atoms with Crippen LogP contribution in [0.2, 0.25) is 0 Å². The fourth-order valence-corrected chi connectivity index (χ4v) is 4.53. The van der Waals surface area contributed by atoms with Crippen molar-refractivity contribution >= 4 is 21.9 Å². The van der Waals surface area contributed by atoms with E-state index in [4.69, 9.17) is 9.47 Å². The molecule has 2 aromatic carbocycles. The SMILES string of the molecule is CCCCCCCCCOc1ccc(C(=O)Oc2ccc(-c3ncc(CCCCC)cn3)cc2)cc1Br. The van der Waals surface area contributed by atoms with E-state index in [0.29, 0.717) is 23.7 Å². The van der Waals surface area contributed by atoms with Gasteiger partial charge in [0.05, 0.1) is 16.6 Å². The van der Waals surface area contributed by atoms with Crippen LogP contribution in [0.3, 0.4) is 0 Å². The third kappa shape index (κ3) is 9.92. The lowest BCUT2D eigenvalue weighted by Gasteiger charge is -2.10. The molecule has 0 bridgehead atoms. The summed E-state index contributed by atoms with van der Waals surface area (Å²) < 4.78 is 12.2. The van der Waals surface area contributed by atoms with Gasteiger partial charge in [-0.2, -0.15) is 0 Å². The zero-order chi connectivity index (χ0) is 26.3. The number of esters is 1. The van der Waals surface area contributed by atoms with Crippen LogP contribution in [0.25, 0.3) is 11.4 Å². The van der Waals surface area contributed by atoms with Crippen molar-refractivity contribution in [3.05, 3.63) is 70.5 Å². The maximum atomic E-state index is 12.7. The zero-order valence-electron chi connectivity index (χ0n) is 22.2. The number of carbonyl (C=O) groups excluding carboxylic acids is 1. The summed E-state index contributed by atoms with van der Waals surface area (Å²) in [5, 5.41) is 0. The number of halogens is 1. The smallest absolute Gasteiger partial charge is 0.343 e. The first kappa shape index (κ1) is 28.8. The third-order valence-electron chi connectivity index (χ3n) is 6.27. The summed E-state index contributed by atoms with van der Waals surface area (Å²) in [4.78, 5) is 21.7. The van der Waals surface area contributed by atoms with E-state index in [2.05, 4.69) is 39.7 Å². The Balaban J connectivity index is 1.46. The van der Waals surface area contributed by atoms with Crippen LogP contribution in [0.5, 0.6) is 11.5 Å². The van der Waals surface area contributed by atoms with E-state index in [1.54, 1.807) is 24.3 Å². The molecule has 3 aromatic rings. The van der Waals surface area contributed by atoms with Crippen LogP contribution in [0.1, 0.15) is 94.0 Å². The van der Waals surface area contributed by atoms with Gasteiger partial charge in [-0.05, 0) is 83.2 Å². The van der Waals surface area contributed by atoms with E-state index in [1.807, 2.05) is 30.6 Å². The Hall–Kier alpha value is -2.73. The molecule has 0 fully saturated rings. The van der Waals surface area contributed by atoms with E-state index in [1.165, 1.54) is 51.4 Å². The Bertz CT molecular complexity index is 1080. The highest BCUT2D eigenvalue weighted by Crippen LogP contribution is 2.27. The van der Waals surface area contributed by atoms with Crippen molar-refractivity contribution in [3.63, 3.8) is 0 Å². The highest BCUT2D eigenvalue weighted by atomic mass is 79.9. The van der Waals surface area contributed by atoms with E-state index >= 15 is 0 Å². The second-order valence-electron chi connectivity index (χ2n) is 9.40. The molecule has 1 heterocycles. The average molecular weight is 568 g/mol. The Labute approximate surface area is 230 Å². The summed E-state index contributed by atoms with van der Waals surface area (Å²) in [6, 6.07) is 12.6. The maximum absolute atomic E-state index is 12.7. The van der Waals surface area contributed by atoms with Crippen LogP contribution >= 0.6 is 15.9 Å². The lowest BCUT2D eigenvalue weighted by atomic mass is 10.1. The number of rotatable bonds is 16. The van der Waals surface area contributed by atoms with Crippen LogP contribution < -0.4 is 9.47 Å². The standard InChI is InChI=1S/C31H39BrN2O3/c1-3-5-7-8-9-10-12-20-36-29-19-16-26(21-28(29)32)31(35)37-27-17-14-25(15-18-27)30-33-22-24(23-34-30)13-11-6-4-2/h14-19,21-23H,3-13,20H2,1-2H3. The third-order valence-corrected chi connectivity index (χ3v) is 6.89. The summed E-state index contributed by atoms with van der Waals surface area (Å²) in [6.45, 7) is 5.11. The lowest BCUT2D eigenvalue weighted by Crippen LogP contribution is -2.09. The van der Waals surface area contributed by atoms with Crippen molar-refractivity contribution in [2.75, 3.05) is 6.61 Å². The molecular formula is C31H39BrN2O3. The van der Waals surface area contributed by atoms with Crippen molar-refractivity contribution in [2.24, 2.45) is 0 Å². The average Bonchev–Trinajstić information content (AvgIpc) is 2.92. The van der Waals surface area contributed by atoms with Gasteiger partial charge in [0.1, 0.15) is 11.5 Å². The van der Waals surface area contributed by atoms with Crippen molar-refractivity contribution in [3.8, 4) is 22.9 Å². The summed E-state index contributed by atoms with van der Waals surface area (Å²) in [5.41, 5.74) is 2.49. The number of nitrogens with zero attached hydrogens (tertiary/aromatic N) is 2. The molecule has 0 saturated heterocycles. The van der Waals surface area contributed by atoms with Crippen molar-refractivity contribution < 1.29 is 14.3 Å². The van der Waals surface area contributed by atoms with Gasteiger partial charge in [0.25, 0.3) is 0 Å². The Morgan fingerprint density at radius 1 is 0.811 bits per heavy atom. The minimum absolute atomic E-state index is 0.417. The fraction of sp³-hybridized carbons (Fsp3) is 0.452. The molecule has 0 spiro atoms. The molecular weight excluding hydrogens is 528 g/mol. The number of unbranched alkanes of at least 4 members (excludes halogenated alkanes) is 8. The van der Waals surface area contributed by atoms with E-state index in [-0.39, 0.29) is 0 Å². The topological polar surface area (TPSA) is 61.3 Å². The Morgan fingerprint density at radius 3 is 2.14 bits per heavy atom. The first-order valence-corrected chi connectivity index (χ1v) is 14.5. The first-order chi connectivity index (χ1) is 18.1. The van der Waals surface area contributed by atoms with Gasteiger partial charge in [-0.15, -0.1) is 0 Å². The number of benzene rings is 2. The molecule has 0 amide bonds. The van der Waals surface area contributed by atoms with Crippen LogP contribution in [0, 0.1) is 0 Å². The molecule has 0 atom stereocenters. The molecule has 0 N–H and O–H groups in total. The summed E-state index contributed by atoms with van der Waals surface area (Å²) in [5.74, 6) is 1.46. The van der Waals surface area contributed by atoms with E-state index < -0.39 is 5.97 Å². The van der Waals surface area contributed by atoms with Crippen molar-refractivity contribution in [1.29, 1.82) is 0 Å². The van der Waals surface area contributed by atoms with Crippen LogP contribution in [-0.4, -0.2) is 22.5 Å². The van der Waals surface area contributed by atoms with Crippen molar-refractivity contribution in [1.82, 2.24) is 9.97 Å². The molecule has 0 unspecified atom stereocenters. The lowest BCUT2D eigenvalue weighted by molar-refractivity contribution is 0.0734. The van der Waals surface area contributed by atoms with Crippen LogP contribution in [0.15, 0.2) is 59.3 Å². The van der Waals surface area contributed by atoms with Gasteiger partial charge in [-0.3, -0.25) is 0 Å². The quantitative estimate of drug-likeness (QED) is 0.0982. The number of hydrogen-bond donors (Lipinski definition) is 0. The van der Waals surface area contributed by atoms with Gasteiger partial charge in [0.2, 0.25) is 0 Å². The second-order valence-corrected chi connectivity index (χ2v) is 10.3. The molecule has 0 saturated carbocycles. The maximum Gasteiger partial charge on any atom is 0.343 e. The normalized spacial score (nSPS) is 10.9. The van der Waals surface area contributed by atoms with Gasteiger partial charge in [0.15, 0.2) is 5.82 Å². The van der Waals surface area contributed by atoms with Crippen LogP contribution in [0.4, 0.5) is 0 Å². The predicted octanol–water partition coefficient (Wildman–Crippen LogP) is 8.99. The molecule has 6 heteroatoms. The van der Waals surface area contributed by atoms with E-state index in [9.17, 15) is 4.79 Å². The summed E-state index contributed by atoms with van der Waals surface area (Å²) in [6.07, 6.45) is 17.1. The number of aromatic nitrogens is 2. The van der Waals surface area contributed by atoms with Gasteiger partial charge in [-0.1, -0.05) is 65.2 Å². The monoisotopic (exact) mass is 566 g/mol. The summed E-state index contributed by atoms with van der Waals surface area (Å²) >= 11 is 3.52. The molecule has 0 aliphatic heterocycles. The van der Waals surface area contributed by atoms with Crippen LogP contribution in [-0.2, 0) is 6.42 Å². The minimum Gasteiger partial charge on any atom is -0.492 e. The number of hydrogen-bond acceptors (Lipinski definition) is 5. The second kappa shape index (κ2) is 16.2. The Morgan fingerprint density at radius 2 is 1.46 bits per heavy atom. The molecule has 0 radical (unpaired) electrons. The molecule has 0 aliphatic carbocycles. The van der Waals surface area contributed by atoms with Gasteiger partial charge < -0.3 is 9.47 Å². The number of carbonyl (C=O) groups is 1. The molecule has 5 nitrogen and oxygen atoms in total. The molecule has 1 aromatic heterocycles.